The van der Waals surface area contributed by atoms with Crippen LogP contribution in [0.2, 0.25) is 0 Å². The first-order valence-electron chi connectivity index (χ1n) is 6.37. The van der Waals surface area contributed by atoms with E-state index in [4.69, 9.17) is 0 Å². The maximum atomic E-state index is 10.6. The van der Waals surface area contributed by atoms with Crippen LogP contribution in [0.1, 0.15) is 11.1 Å². The molecule has 0 spiro atoms. The number of benzene rings is 2. The van der Waals surface area contributed by atoms with Crippen LogP contribution in [0.4, 0.5) is 11.4 Å². The van der Waals surface area contributed by atoms with Gasteiger partial charge in [0.05, 0.1) is 4.92 Å². The van der Waals surface area contributed by atoms with E-state index in [-0.39, 0.29) is 5.69 Å². The SMILES string of the molecule is CN(C)c1ccc(C=C(Br)c2ccc([N+](=O)[O-])cc2)cc1. The fourth-order valence-corrected chi connectivity index (χ4v) is 2.37. The van der Waals surface area contributed by atoms with E-state index in [1.165, 1.54) is 12.1 Å². The molecule has 0 saturated heterocycles. The van der Waals surface area contributed by atoms with E-state index in [0.717, 1.165) is 21.3 Å². The Hall–Kier alpha value is -2.14. The van der Waals surface area contributed by atoms with Gasteiger partial charge in [-0.15, -0.1) is 0 Å². The topological polar surface area (TPSA) is 46.4 Å². The highest BCUT2D eigenvalue weighted by Gasteiger charge is 2.05. The third kappa shape index (κ3) is 3.92. The van der Waals surface area contributed by atoms with Gasteiger partial charge in [0.1, 0.15) is 0 Å². The van der Waals surface area contributed by atoms with Gasteiger partial charge in [-0.3, -0.25) is 10.1 Å². The van der Waals surface area contributed by atoms with E-state index in [9.17, 15) is 10.1 Å². The van der Waals surface area contributed by atoms with Crippen molar-refractivity contribution >= 4 is 37.9 Å². The molecular weight excluding hydrogens is 332 g/mol. The van der Waals surface area contributed by atoms with Gasteiger partial charge in [-0.1, -0.05) is 28.1 Å². The van der Waals surface area contributed by atoms with Crippen LogP contribution in [0, 0.1) is 10.1 Å². The van der Waals surface area contributed by atoms with E-state index < -0.39 is 4.92 Å². The molecule has 0 amide bonds. The minimum Gasteiger partial charge on any atom is -0.378 e. The number of nitro benzene ring substituents is 1. The van der Waals surface area contributed by atoms with E-state index >= 15 is 0 Å². The smallest absolute Gasteiger partial charge is 0.269 e. The molecule has 21 heavy (non-hydrogen) atoms. The van der Waals surface area contributed by atoms with Crippen LogP contribution in [0.15, 0.2) is 48.5 Å². The standard InChI is InChI=1S/C16H15BrN2O2/c1-18(2)14-7-3-12(4-8-14)11-16(17)13-5-9-15(10-6-13)19(20)21/h3-11H,1-2H3. The van der Waals surface area contributed by atoms with Crippen molar-refractivity contribution in [3.8, 4) is 0 Å². The van der Waals surface area contributed by atoms with Crippen molar-refractivity contribution in [3.63, 3.8) is 0 Å². The summed E-state index contributed by atoms with van der Waals surface area (Å²) in [6, 6.07) is 14.6. The predicted octanol–water partition coefficient (Wildman–Crippen LogP) is 4.55. The summed E-state index contributed by atoms with van der Waals surface area (Å²) in [7, 11) is 4.00. The minimum atomic E-state index is -0.401. The van der Waals surface area contributed by atoms with E-state index in [0.29, 0.717) is 0 Å². The molecule has 2 rings (SSSR count). The monoisotopic (exact) mass is 346 g/mol. The van der Waals surface area contributed by atoms with Crippen LogP contribution >= 0.6 is 15.9 Å². The summed E-state index contributed by atoms with van der Waals surface area (Å²) in [4.78, 5) is 12.3. The van der Waals surface area contributed by atoms with Gasteiger partial charge in [0.2, 0.25) is 0 Å². The third-order valence-electron chi connectivity index (χ3n) is 3.06. The van der Waals surface area contributed by atoms with Gasteiger partial charge in [-0.25, -0.2) is 0 Å². The molecule has 0 aliphatic carbocycles. The maximum Gasteiger partial charge on any atom is 0.269 e. The molecule has 2 aromatic rings. The van der Waals surface area contributed by atoms with Gasteiger partial charge in [0, 0.05) is 36.4 Å². The predicted molar refractivity (Wildman–Crippen MR) is 90.7 cm³/mol. The number of non-ortho nitro benzene ring substituents is 1. The number of nitrogens with zero attached hydrogens (tertiary/aromatic N) is 2. The van der Waals surface area contributed by atoms with Crippen molar-refractivity contribution in [2.75, 3.05) is 19.0 Å². The van der Waals surface area contributed by atoms with Crippen molar-refractivity contribution in [2.45, 2.75) is 0 Å². The molecule has 4 nitrogen and oxygen atoms in total. The lowest BCUT2D eigenvalue weighted by Crippen LogP contribution is -2.07. The van der Waals surface area contributed by atoms with Crippen molar-refractivity contribution in [1.82, 2.24) is 0 Å². The molecule has 2 aromatic carbocycles. The van der Waals surface area contributed by atoms with Gasteiger partial charge >= 0.3 is 0 Å². The molecule has 0 aliphatic heterocycles. The zero-order valence-electron chi connectivity index (χ0n) is 11.8. The number of rotatable bonds is 4. The van der Waals surface area contributed by atoms with Gasteiger partial charge in [-0.2, -0.15) is 0 Å². The van der Waals surface area contributed by atoms with E-state index in [1.54, 1.807) is 12.1 Å². The Morgan fingerprint density at radius 3 is 2.14 bits per heavy atom. The Morgan fingerprint density at radius 1 is 1.10 bits per heavy atom. The molecule has 0 heterocycles. The van der Waals surface area contributed by atoms with Gasteiger partial charge in [0.25, 0.3) is 5.69 Å². The van der Waals surface area contributed by atoms with Crippen molar-refractivity contribution in [2.24, 2.45) is 0 Å². The normalized spacial score (nSPS) is 11.3. The molecule has 108 valence electrons. The average Bonchev–Trinajstić information content (AvgIpc) is 2.47. The molecule has 0 fully saturated rings. The zero-order chi connectivity index (χ0) is 15.4. The van der Waals surface area contributed by atoms with Gasteiger partial charge in [-0.05, 0) is 41.5 Å². The van der Waals surface area contributed by atoms with Gasteiger partial charge in [0.15, 0.2) is 0 Å². The van der Waals surface area contributed by atoms with Crippen LogP contribution in [0.25, 0.3) is 10.6 Å². The molecule has 0 saturated carbocycles. The summed E-state index contributed by atoms with van der Waals surface area (Å²) < 4.78 is 0.884. The molecule has 0 radical (unpaired) electrons. The van der Waals surface area contributed by atoms with Crippen LogP contribution in [0.3, 0.4) is 0 Å². The Kier molecular flexibility index (Phi) is 4.75. The molecule has 0 atom stereocenters. The summed E-state index contributed by atoms with van der Waals surface area (Å²) in [5, 5.41) is 10.6. The van der Waals surface area contributed by atoms with Crippen LogP contribution < -0.4 is 4.90 Å². The summed E-state index contributed by atoms with van der Waals surface area (Å²) in [5.41, 5.74) is 3.19. The van der Waals surface area contributed by atoms with Crippen LogP contribution in [-0.4, -0.2) is 19.0 Å². The lowest BCUT2D eigenvalue weighted by molar-refractivity contribution is -0.384. The van der Waals surface area contributed by atoms with E-state index in [2.05, 4.69) is 15.9 Å². The van der Waals surface area contributed by atoms with Crippen molar-refractivity contribution in [3.05, 3.63) is 69.8 Å². The molecule has 0 aromatic heterocycles. The summed E-state index contributed by atoms with van der Waals surface area (Å²) >= 11 is 3.51. The molecular formula is C16H15BrN2O2. The summed E-state index contributed by atoms with van der Waals surface area (Å²) in [6.45, 7) is 0. The number of hydrogen-bond donors (Lipinski definition) is 0. The Balaban J connectivity index is 2.21. The number of hydrogen-bond acceptors (Lipinski definition) is 3. The Morgan fingerprint density at radius 2 is 1.67 bits per heavy atom. The quantitative estimate of drug-likeness (QED) is 0.463. The van der Waals surface area contributed by atoms with Crippen molar-refractivity contribution < 1.29 is 4.92 Å². The summed E-state index contributed by atoms with van der Waals surface area (Å²) in [5.74, 6) is 0. The number of anilines is 1. The van der Waals surface area contributed by atoms with Gasteiger partial charge < -0.3 is 4.90 Å². The van der Waals surface area contributed by atoms with E-state index in [1.807, 2.05) is 49.3 Å². The lowest BCUT2D eigenvalue weighted by Gasteiger charge is -2.12. The largest absolute Gasteiger partial charge is 0.378 e. The number of nitro groups is 1. The molecule has 0 bridgehead atoms. The maximum absolute atomic E-state index is 10.6. The first-order chi connectivity index (χ1) is 9.97. The summed E-state index contributed by atoms with van der Waals surface area (Å²) in [6.07, 6.45) is 1.99. The van der Waals surface area contributed by atoms with Crippen LogP contribution in [0.5, 0.6) is 0 Å². The highest BCUT2D eigenvalue weighted by Crippen LogP contribution is 2.26. The molecule has 0 unspecified atom stereocenters. The highest BCUT2D eigenvalue weighted by molar-refractivity contribution is 9.15. The fourth-order valence-electron chi connectivity index (χ4n) is 1.84. The molecule has 0 aliphatic rings. The second-order valence-electron chi connectivity index (χ2n) is 4.78. The third-order valence-corrected chi connectivity index (χ3v) is 3.74. The lowest BCUT2D eigenvalue weighted by atomic mass is 10.1. The van der Waals surface area contributed by atoms with Crippen LogP contribution in [-0.2, 0) is 0 Å². The zero-order valence-corrected chi connectivity index (χ0v) is 13.4. The fraction of sp³-hybridized carbons (Fsp3) is 0.125. The Labute approximate surface area is 132 Å². The number of halogens is 1. The average molecular weight is 347 g/mol. The highest BCUT2D eigenvalue weighted by atomic mass is 79.9. The molecule has 0 N–H and O–H groups in total. The second kappa shape index (κ2) is 6.54. The van der Waals surface area contributed by atoms with Crippen molar-refractivity contribution in [1.29, 1.82) is 0 Å². The first-order valence-corrected chi connectivity index (χ1v) is 7.16. The second-order valence-corrected chi connectivity index (χ2v) is 5.64. The minimum absolute atomic E-state index is 0.0920. The first kappa shape index (κ1) is 15.3. The molecule has 5 heteroatoms. The Bertz CT molecular complexity index is 662.